The highest BCUT2D eigenvalue weighted by Gasteiger charge is 2.37. The van der Waals surface area contributed by atoms with E-state index in [9.17, 15) is 23.1 Å². The van der Waals surface area contributed by atoms with Gasteiger partial charge in [-0.2, -0.15) is 0 Å². The standard InChI is InChI=1S/C18H26N2O5S/c1-3-26(24,25)20-11-9-14(10-12-20)16(21)19-13-18(2,17(22)23)15-7-5-4-6-8-15/h4-8,14H,3,9-13H2,1-2H3,(H,19,21)(H,22,23). The largest absolute Gasteiger partial charge is 0.481 e. The number of nitrogens with zero attached hydrogens (tertiary/aromatic N) is 1. The molecule has 7 nitrogen and oxygen atoms in total. The molecular formula is C18H26N2O5S. The van der Waals surface area contributed by atoms with Crippen molar-refractivity contribution in [3.05, 3.63) is 35.9 Å². The van der Waals surface area contributed by atoms with Crippen LogP contribution in [-0.2, 0) is 25.0 Å². The molecule has 1 amide bonds. The topological polar surface area (TPSA) is 104 Å². The molecule has 0 aliphatic carbocycles. The molecular weight excluding hydrogens is 356 g/mol. The highest BCUT2D eigenvalue weighted by Crippen LogP contribution is 2.24. The van der Waals surface area contributed by atoms with Crippen molar-refractivity contribution in [2.45, 2.75) is 32.1 Å². The van der Waals surface area contributed by atoms with Gasteiger partial charge in [0.1, 0.15) is 5.41 Å². The van der Waals surface area contributed by atoms with Crippen LogP contribution in [0.4, 0.5) is 0 Å². The van der Waals surface area contributed by atoms with Crippen LogP contribution in [0.15, 0.2) is 30.3 Å². The zero-order valence-electron chi connectivity index (χ0n) is 15.1. The van der Waals surface area contributed by atoms with Crippen molar-refractivity contribution in [3.63, 3.8) is 0 Å². The Labute approximate surface area is 154 Å². The first-order chi connectivity index (χ1) is 12.2. The number of aliphatic carboxylic acids is 1. The number of rotatable bonds is 7. The van der Waals surface area contributed by atoms with Crippen molar-refractivity contribution in [2.24, 2.45) is 5.92 Å². The fourth-order valence-corrected chi connectivity index (χ4v) is 4.23. The summed E-state index contributed by atoms with van der Waals surface area (Å²) in [6.07, 6.45) is 0.889. The number of carboxylic acid groups (broad SMARTS) is 1. The van der Waals surface area contributed by atoms with Crippen molar-refractivity contribution in [1.29, 1.82) is 0 Å². The van der Waals surface area contributed by atoms with Crippen LogP contribution >= 0.6 is 0 Å². The monoisotopic (exact) mass is 382 g/mol. The zero-order chi connectivity index (χ0) is 19.4. The van der Waals surface area contributed by atoms with Gasteiger partial charge in [0.25, 0.3) is 0 Å². The van der Waals surface area contributed by atoms with Crippen LogP contribution in [0.2, 0.25) is 0 Å². The molecule has 0 spiro atoms. The van der Waals surface area contributed by atoms with Crippen molar-refractivity contribution in [2.75, 3.05) is 25.4 Å². The van der Waals surface area contributed by atoms with E-state index in [1.165, 1.54) is 4.31 Å². The Morgan fingerprint density at radius 1 is 1.23 bits per heavy atom. The lowest BCUT2D eigenvalue weighted by Gasteiger charge is -2.31. The van der Waals surface area contributed by atoms with Gasteiger partial charge < -0.3 is 10.4 Å². The minimum Gasteiger partial charge on any atom is -0.481 e. The molecule has 2 rings (SSSR count). The van der Waals surface area contributed by atoms with Gasteiger partial charge in [0.05, 0.1) is 5.75 Å². The molecule has 0 aromatic heterocycles. The second kappa shape index (κ2) is 8.18. The molecule has 1 atom stereocenters. The summed E-state index contributed by atoms with van der Waals surface area (Å²) in [4.78, 5) is 24.2. The molecule has 8 heteroatoms. The molecule has 144 valence electrons. The Hall–Kier alpha value is -1.93. The lowest BCUT2D eigenvalue weighted by molar-refractivity contribution is -0.143. The normalized spacial score (nSPS) is 18.8. The molecule has 1 aliphatic heterocycles. The highest BCUT2D eigenvalue weighted by atomic mass is 32.2. The third-order valence-corrected chi connectivity index (χ3v) is 6.96. The van der Waals surface area contributed by atoms with E-state index in [2.05, 4.69) is 5.32 Å². The van der Waals surface area contributed by atoms with E-state index in [1.807, 2.05) is 6.07 Å². The molecule has 0 radical (unpaired) electrons. The van der Waals surface area contributed by atoms with Crippen LogP contribution in [0, 0.1) is 5.92 Å². The van der Waals surface area contributed by atoms with Crippen LogP contribution in [0.25, 0.3) is 0 Å². The maximum Gasteiger partial charge on any atom is 0.315 e. The van der Waals surface area contributed by atoms with E-state index in [1.54, 1.807) is 38.1 Å². The van der Waals surface area contributed by atoms with Crippen molar-refractivity contribution < 1.29 is 23.1 Å². The Bertz CT molecular complexity index is 742. The maximum absolute atomic E-state index is 12.5. The van der Waals surface area contributed by atoms with Gasteiger partial charge >= 0.3 is 5.97 Å². The van der Waals surface area contributed by atoms with Gasteiger partial charge in [-0.25, -0.2) is 12.7 Å². The average molecular weight is 382 g/mol. The maximum atomic E-state index is 12.5. The van der Waals surface area contributed by atoms with Crippen LogP contribution in [0.1, 0.15) is 32.3 Å². The molecule has 1 heterocycles. The van der Waals surface area contributed by atoms with Crippen molar-refractivity contribution >= 4 is 21.9 Å². The van der Waals surface area contributed by atoms with E-state index in [4.69, 9.17) is 0 Å². The molecule has 0 bridgehead atoms. The van der Waals surface area contributed by atoms with E-state index >= 15 is 0 Å². The summed E-state index contributed by atoms with van der Waals surface area (Å²) in [6, 6.07) is 8.80. The third kappa shape index (κ3) is 4.42. The summed E-state index contributed by atoms with van der Waals surface area (Å²) in [5.74, 6) is -1.47. The predicted octanol–water partition coefficient (Wildman–Crippen LogP) is 1.21. The van der Waals surface area contributed by atoms with Crippen LogP contribution < -0.4 is 5.32 Å². The van der Waals surface area contributed by atoms with Crippen LogP contribution in [-0.4, -0.2) is 55.1 Å². The summed E-state index contributed by atoms with van der Waals surface area (Å²) in [5.41, 5.74) is -0.597. The van der Waals surface area contributed by atoms with Gasteiger partial charge in [0.2, 0.25) is 15.9 Å². The minimum atomic E-state index is -3.23. The second-order valence-corrected chi connectivity index (χ2v) is 9.05. The average Bonchev–Trinajstić information content (AvgIpc) is 2.66. The number of carbonyl (C=O) groups is 2. The SMILES string of the molecule is CCS(=O)(=O)N1CCC(C(=O)NCC(C)(C(=O)O)c2ccccc2)CC1. The highest BCUT2D eigenvalue weighted by molar-refractivity contribution is 7.89. The number of carbonyl (C=O) groups excluding carboxylic acids is 1. The number of carboxylic acids is 1. The summed E-state index contributed by atoms with van der Waals surface area (Å²) >= 11 is 0. The summed E-state index contributed by atoms with van der Waals surface area (Å²) in [5, 5.41) is 12.4. The molecule has 0 saturated carbocycles. The van der Waals surface area contributed by atoms with E-state index < -0.39 is 21.4 Å². The fraction of sp³-hybridized carbons (Fsp3) is 0.556. The Kier molecular flexibility index (Phi) is 6.41. The van der Waals surface area contributed by atoms with E-state index in [-0.39, 0.29) is 24.1 Å². The first kappa shape index (κ1) is 20.4. The van der Waals surface area contributed by atoms with Gasteiger partial charge in [0.15, 0.2) is 0 Å². The van der Waals surface area contributed by atoms with E-state index in [0.717, 1.165) is 0 Å². The number of hydrogen-bond donors (Lipinski definition) is 2. The lowest BCUT2D eigenvalue weighted by atomic mass is 9.82. The smallest absolute Gasteiger partial charge is 0.315 e. The number of piperidine rings is 1. The van der Waals surface area contributed by atoms with Crippen LogP contribution in [0.5, 0.6) is 0 Å². The number of sulfonamides is 1. The quantitative estimate of drug-likeness (QED) is 0.738. The third-order valence-electron chi connectivity index (χ3n) is 5.08. The molecule has 1 aromatic rings. The number of benzene rings is 1. The number of amides is 1. The van der Waals surface area contributed by atoms with Crippen LogP contribution in [0.3, 0.4) is 0 Å². The van der Waals surface area contributed by atoms with Crippen molar-refractivity contribution in [3.8, 4) is 0 Å². The van der Waals surface area contributed by atoms with Gasteiger partial charge in [0, 0.05) is 25.6 Å². The first-order valence-electron chi connectivity index (χ1n) is 8.75. The Balaban J connectivity index is 1.97. The minimum absolute atomic E-state index is 0.0152. The molecule has 26 heavy (non-hydrogen) atoms. The fourth-order valence-electron chi connectivity index (χ4n) is 3.09. The first-order valence-corrected chi connectivity index (χ1v) is 10.4. The Morgan fingerprint density at radius 2 is 1.81 bits per heavy atom. The van der Waals surface area contributed by atoms with Crippen molar-refractivity contribution in [1.82, 2.24) is 9.62 Å². The molecule has 1 aromatic carbocycles. The molecule has 1 unspecified atom stereocenters. The lowest BCUT2D eigenvalue weighted by Crippen LogP contribution is -2.48. The zero-order valence-corrected chi connectivity index (χ0v) is 16.0. The summed E-state index contributed by atoms with van der Waals surface area (Å²) in [6.45, 7) is 3.82. The molecule has 2 N–H and O–H groups in total. The summed E-state index contributed by atoms with van der Waals surface area (Å²) in [7, 11) is -3.23. The van der Waals surface area contributed by atoms with Gasteiger partial charge in [-0.05, 0) is 32.3 Å². The Morgan fingerprint density at radius 3 is 2.31 bits per heavy atom. The number of nitrogens with one attached hydrogen (secondary N) is 1. The molecule has 1 fully saturated rings. The second-order valence-electron chi connectivity index (χ2n) is 6.79. The van der Waals surface area contributed by atoms with Gasteiger partial charge in [-0.15, -0.1) is 0 Å². The summed E-state index contributed by atoms with van der Waals surface area (Å²) < 4.78 is 25.2. The van der Waals surface area contributed by atoms with Gasteiger partial charge in [-0.1, -0.05) is 30.3 Å². The molecule has 1 aliphatic rings. The predicted molar refractivity (Wildman–Crippen MR) is 98.2 cm³/mol. The molecule has 1 saturated heterocycles. The number of hydrogen-bond acceptors (Lipinski definition) is 4. The van der Waals surface area contributed by atoms with E-state index in [0.29, 0.717) is 31.5 Å². The van der Waals surface area contributed by atoms with Gasteiger partial charge in [-0.3, -0.25) is 9.59 Å².